The Bertz CT molecular complexity index is 979. The minimum absolute atomic E-state index is 0. The van der Waals surface area contributed by atoms with Gasteiger partial charge in [0, 0.05) is 38.6 Å². The lowest BCUT2D eigenvalue weighted by atomic mass is 10.1. The third-order valence-corrected chi connectivity index (χ3v) is 5.65. The lowest BCUT2D eigenvalue weighted by Gasteiger charge is -2.38. The number of fused-ring (bicyclic) bond motifs is 1. The molecule has 0 saturated carbocycles. The zero-order valence-electron chi connectivity index (χ0n) is 16.1. The van der Waals surface area contributed by atoms with Crippen molar-refractivity contribution in [1.82, 2.24) is 20.9 Å². The van der Waals surface area contributed by atoms with Crippen molar-refractivity contribution in [2.24, 2.45) is 7.05 Å². The summed E-state index contributed by atoms with van der Waals surface area (Å²) >= 11 is 0. The van der Waals surface area contributed by atoms with Crippen LogP contribution in [-0.2, 0) is 11.8 Å². The predicted molar refractivity (Wildman–Crippen MR) is 109 cm³/mol. The van der Waals surface area contributed by atoms with Gasteiger partial charge in [-0.05, 0) is 25.5 Å². The smallest absolute Gasteiger partial charge is 0.270 e. The van der Waals surface area contributed by atoms with Gasteiger partial charge >= 0.3 is 0 Å². The molecule has 0 bridgehead atoms. The van der Waals surface area contributed by atoms with Gasteiger partial charge in [-0.1, -0.05) is 18.2 Å². The topological polar surface area (TPSA) is 116 Å². The quantitative estimate of drug-likeness (QED) is 0.799. The van der Waals surface area contributed by atoms with Crippen molar-refractivity contribution in [3.8, 4) is 6.07 Å². The first kappa shape index (κ1) is 19.9. The standard InChI is InChI=1S/C20H23N5O2.H3N/c1-23-17-7-3-2-5-14(17)18(15(13-21)19(23)26)24-9-11-25(12-10-24)20(27)16-6-4-8-22-16;/h2-3,5,7,16,22H,4,6,8-12H2,1H3;1H3. The molecule has 2 aliphatic heterocycles. The molecule has 1 aromatic carbocycles. The maximum absolute atomic E-state index is 12.7. The number of anilines is 1. The summed E-state index contributed by atoms with van der Waals surface area (Å²) in [6, 6.07) is 9.70. The monoisotopic (exact) mass is 382 g/mol. The van der Waals surface area contributed by atoms with E-state index in [1.165, 1.54) is 4.57 Å². The first-order valence-corrected chi connectivity index (χ1v) is 9.40. The van der Waals surface area contributed by atoms with Crippen LogP contribution in [0.5, 0.6) is 0 Å². The van der Waals surface area contributed by atoms with Crippen LogP contribution in [-0.4, -0.2) is 54.1 Å². The fourth-order valence-corrected chi connectivity index (χ4v) is 4.17. The molecule has 1 atom stereocenters. The number of para-hydroxylation sites is 1. The zero-order valence-corrected chi connectivity index (χ0v) is 16.1. The Morgan fingerprint density at radius 1 is 1.21 bits per heavy atom. The number of nitriles is 1. The summed E-state index contributed by atoms with van der Waals surface area (Å²) in [7, 11) is 1.69. The molecule has 148 valence electrons. The average molecular weight is 382 g/mol. The highest BCUT2D eigenvalue weighted by Crippen LogP contribution is 2.29. The van der Waals surface area contributed by atoms with Crippen molar-refractivity contribution >= 4 is 22.5 Å². The molecular weight excluding hydrogens is 356 g/mol. The van der Waals surface area contributed by atoms with Gasteiger partial charge in [-0.2, -0.15) is 5.26 Å². The maximum atomic E-state index is 12.7. The summed E-state index contributed by atoms with van der Waals surface area (Å²) in [4.78, 5) is 29.3. The van der Waals surface area contributed by atoms with Gasteiger partial charge in [0.2, 0.25) is 5.91 Å². The van der Waals surface area contributed by atoms with E-state index in [9.17, 15) is 14.9 Å². The highest BCUT2D eigenvalue weighted by atomic mass is 16.2. The molecule has 0 aliphatic carbocycles. The van der Waals surface area contributed by atoms with E-state index in [1.54, 1.807) is 7.05 Å². The number of aryl methyl sites for hydroxylation is 1. The predicted octanol–water partition coefficient (Wildman–Crippen LogP) is 0.973. The van der Waals surface area contributed by atoms with Crippen molar-refractivity contribution in [2.45, 2.75) is 18.9 Å². The van der Waals surface area contributed by atoms with Gasteiger partial charge in [0.15, 0.2) is 0 Å². The van der Waals surface area contributed by atoms with E-state index < -0.39 is 0 Å². The second-order valence-electron chi connectivity index (χ2n) is 7.18. The van der Waals surface area contributed by atoms with Crippen LogP contribution in [0.25, 0.3) is 10.9 Å². The largest absolute Gasteiger partial charge is 0.366 e. The molecule has 3 heterocycles. The van der Waals surface area contributed by atoms with Gasteiger partial charge < -0.3 is 25.8 Å². The van der Waals surface area contributed by atoms with E-state index in [0.29, 0.717) is 31.9 Å². The fourth-order valence-electron chi connectivity index (χ4n) is 4.17. The average Bonchev–Trinajstić information content (AvgIpc) is 3.25. The van der Waals surface area contributed by atoms with Gasteiger partial charge in [-0.3, -0.25) is 9.59 Å². The van der Waals surface area contributed by atoms with Gasteiger partial charge in [0.25, 0.3) is 5.56 Å². The Balaban J connectivity index is 0.00000225. The van der Waals surface area contributed by atoms with E-state index in [1.807, 2.05) is 29.2 Å². The normalized spacial score (nSPS) is 19.4. The number of hydrogen-bond acceptors (Lipinski definition) is 6. The number of aromatic nitrogens is 1. The molecule has 1 unspecified atom stereocenters. The summed E-state index contributed by atoms with van der Waals surface area (Å²) in [5.41, 5.74) is 1.40. The first-order chi connectivity index (χ1) is 13.1. The number of amides is 1. The third kappa shape index (κ3) is 3.23. The number of carbonyl (C=O) groups excluding carboxylic acids is 1. The molecule has 1 aromatic heterocycles. The van der Waals surface area contributed by atoms with E-state index in [2.05, 4.69) is 16.3 Å². The maximum Gasteiger partial charge on any atom is 0.270 e. The van der Waals surface area contributed by atoms with E-state index in [-0.39, 0.29) is 29.2 Å². The van der Waals surface area contributed by atoms with Crippen LogP contribution in [0.15, 0.2) is 29.1 Å². The van der Waals surface area contributed by atoms with Crippen molar-refractivity contribution in [3.05, 3.63) is 40.2 Å². The molecule has 4 rings (SSSR count). The highest BCUT2D eigenvalue weighted by Gasteiger charge is 2.30. The van der Waals surface area contributed by atoms with Crippen molar-refractivity contribution in [1.29, 1.82) is 5.26 Å². The Labute approximate surface area is 163 Å². The van der Waals surface area contributed by atoms with Crippen LogP contribution >= 0.6 is 0 Å². The minimum atomic E-state index is -0.278. The fraction of sp³-hybridized carbons (Fsp3) is 0.450. The van der Waals surface area contributed by atoms with E-state index in [0.717, 1.165) is 30.3 Å². The van der Waals surface area contributed by atoms with Crippen molar-refractivity contribution in [3.63, 3.8) is 0 Å². The minimum Gasteiger partial charge on any atom is -0.366 e. The summed E-state index contributed by atoms with van der Waals surface area (Å²) in [5, 5.41) is 13.8. The molecular formula is C20H26N6O2. The van der Waals surface area contributed by atoms with Crippen LogP contribution in [0, 0.1) is 11.3 Å². The molecule has 2 saturated heterocycles. The SMILES string of the molecule is Cn1c(=O)c(C#N)c(N2CCN(C(=O)C3CCCN3)CC2)c2ccccc21.N. The number of pyridine rings is 1. The second kappa shape index (κ2) is 8.00. The molecule has 2 fully saturated rings. The number of rotatable bonds is 2. The molecule has 8 heteroatoms. The zero-order chi connectivity index (χ0) is 19.0. The Morgan fingerprint density at radius 3 is 2.57 bits per heavy atom. The molecule has 2 aromatic rings. The second-order valence-corrected chi connectivity index (χ2v) is 7.18. The third-order valence-electron chi connectivity index (χ3n) is 5.65. The van der Waals surface area contributed by atoms with Crippen LogP contribution in [0.2, 0.25) is 0 Å². The van der Waals surface area contributed by atoms with Gasteiger partial charge in [-0.25, -0.2) is 0 Å². The lowest BCUT2D eigenvalue weighted by molar-refractivity contribution is -0.133. The van der Waals surface area contributed by atoms with E-state index >= 15 is 0 Å². The first-order valence-electron chi connectivity index (χ1n) is 9.40. The van der Waals surface area contributed by atoms with Gasteiger partial charge in [-0.15, -0.1) is 0 Å². The van der Waals surface area contributed by atoms with Crippen molar-refractivity contribution in [2.75, 3.05) is 37.6 Å². The van der Waals surface area contributed by atoms with Crippen LogP contribution in [0.1, 0.15) is 18.4 Å². The highest BCUT2D eigenvalue weighted by molar-refractivity contribution is 5.95. The molecule has 4 N–H and O–H groups in total. The number of benzene rings is 1. The number of nitrogens with one attached hydrogen (secondary N) is 1. The van der Waals surface area contributed by atoms with Crippen molar-refractivity contribution < 1.29 is 4.79 Å². The van der Waals surface area contributed by atoms with Crippen LogP contribution in [0.3, 0.4) is 0 Å². The number of nitrogens with zero attached hydrogens (tertiary/aromatic N) is 4. The van der Waals surface area contributed by atoms with Crippen LogP contribution in [0.4, 0.5) is 5.69 Å². The van der Waals surface area contributed by atoms with Gasteiger partial charge in [0.1, 0.15) is 11.6 Å². The molecule has 28 heavy (non-hydrogen) atoms. The summed E-state index contributed by atoms with van der Waals surface area (Å²) in [6.07, 6.45) is 1.94. The summed E-state index contributed by atoms with van der Waals surface area (Å²) in [6.45, 7) is 3.34. The Kier molecular flexibility index (Phi) is 5.68. The molecule has 0 spiro atoms. The van der Waals surface area contributed by atoms with Gasteiger partial charge in [0.05, 0.1) is 17.2 Å². The Morgan fingerprint density at radius 2 is 1.93 bits per heavy atom. The number of hydrogen-bond donors (Lipinski definition) is 2. The van der Waals surface area contributed by atoms with Crippen LogP contribution < -0.4 is 21.9 Å². The molecule has 2 aliphatic rings. The van der Waals surface area contributed by atoms with E-state index in [4.69, 9.17) is 0 Å². The lowest BCUT2D eigenvalue weighted by Crippen LogP contribution is -2.53. The summed E-state index contributed by atoms with van der Waals surface area (Å²) in [5.74, 6) is 0.168. The molecule has 0 radical (unpaired) electrons. The number of carbonyl (C=O) groups is 1. The molecule has 1 amide bonds. The Hall–Kier alpha value is -2.89. The number of piperazine rings is 1. The summed E-state index contributed by atoms with van der Waals surface area (Å²) < 4.78 is 1.53. The molecule has 8 nitrogen and oxygen atoms in total.